The van der Waals surface area contributed by atoms with Crippen molar-refractivity contribution in [3.8, 4) is 5.75 Å². The second-order valence-corrected chi connectivity index (χ2v) is 4.55. The predicted octanol–water partition coefficient (Wildman–Crippen LogP) is 2.02. The van der Waals surface area contributed by atoms with Gasteiger partial charge in [-0.3, -0.25) is 0 Å². The van der Waals surface area contributed by atoms with E-state index in [-0.39, 0.29) is 22.4 Å². The molecule has 1 aromatic carbocycles. The fourth-order valence-corrected chi connectivity index (χ4v) is 1.86. The Kier molecular flexibility index (Phi) is 3.86. The van der Waals surface area contributed by atoms with E-state index in [0.717, 1.165) is 19.2 Å². The molecule has 1 atom stereocenters. The smallest absolute Gasteiger partial charge is 0.349 e. The van der Waals surface area contributed by atoms with Crippen molar-refractivity contribution < 1.29 is 28.5 Å². The number of carbonyl (C=O) groups is 1. The molecule has 1 rings (SSSR count). The topological polar surface area (TPSA) is 66.8 Å². The third-order valence-electron chi connectivity index (χ3n) is 3.02. The number of carbonyl (C=O) groups excluding carboxylic acids is 1. The number of rotatable bonds is 3. The van der Waals surface area contributed by atoms with Crippen LogP contribution < -0.4 is 0 Å². The Morgan fingerprint density at radius 3 is 2.00 bits per heavy atom. The van der Waals surface area contributed by atoms with E-state index in [9.17, 15) is 23.8 Å². The number of aromatic hydroxyl groups is 1. The lowest BCUT2D eigenvalue weighted by molar-refractivity contribution is -0.208. The van der Waals surface area contributed by atoms with Gasteiger partial charge in [0.2, 0.25) is 0 Å². The van der Waals surface area contributed by atoms with E-state index in [1.807, 2.05) is 0 Å². The SMILES string of the molecule is COC(=O)C(O)(c1cc(C)c(O)c(C)c1)C(C)(F)F. The van der Waals surface area contributed by atoms with Crippen molar-refractivity contribution >= 4 is 5.97 Å². The van der Waals surface area contributed by atoms with E-state index < -0.39 is 17.5 Å². The van der Waals surface area contributed by atoms with Crippen molar-refractivity contribution in [1.29, 1.82) is 0 Å². The molecule has 0 amide bonds. The molecule has 0 saturated heterocycles. The number of esters is 1. The molecule has 0 fully saturated rings. The largest absolute Gasteiger partial charge is 0.507 e. The Hall–Kier alpha value is -1.69. The summed E-state index contributed by atoms with van der Waals surface area (Å²) in [5.74, 6) is -5.27. The average molecular weight is 274 g/mol. The summed E-state index contributed by atoms with van der Waals surface area (Å²) in [6.07, 6.45) is 0. The molecule has 0 heterocycles. The van der Waals surface area contributed by atoms with E-state index in [1.165, 1.54) is 13.8 Å². The molecular weight excluding hydrogens is 258 g/mol. The van der Waals surface area contributed by atoms with Gasteiger partial charge in [-0.05, 0) is 37.1 Å². The molecule has 0 aliphatic rings. The first-order valence-corrected chi connectivity index (χ1v) is 5.55. The highest BCUT2D eigenvalue weighted by molar-refractivity contribution is 5.82. The number of hydrogen-bond acceptors (Lipinski definition) is 4. The van der Waals surface area contributed by atoms with Crippen LogP contribution >= 0.6 is 0 Å². The van der Waals surface area contributed by atoms with Gasteiger partial charge in [0.1, 0.15) is 5.75 Å². The first kappa shape index (κ1) is 15.4. The van der Waals surface area contributed by atoms with Crippen LogP contribution in [0.4, 0.5) is 8.78 Å². The third kappa shape index (κ3) is 2.40. The van der Waals surface area contributed by atoms with E-state index >= 15 is 0 Å². The number of hydrogen-bond donors (Lipinski definition) is 2. The van der Waals surface area contributed by atoms with Crippen molar-refractivity contribution in [3.05, 3.63) is 28.8 Å². The molecule has 0 bridgehead atoms. The fraction of sp³-hybridized carbons (Fsp3) is 0.462. The number of phenols is 1. The first-order valence-electron chi connectivity index (χ1n) is 5.55. The summed E-state index contributed by atoms with van der Waals surface area (Å²) < 4.78 is 31.6. The molecule has 19 heavy (non-hydrogen) atoms. The second-order valence-electron chi connectivity index (χ2n) is 4.55. The Labute approximate surface area is 109 Å². The van der Waals surface area contributed by atoms with Gasteiger partial charge in [0.25, 0.3) is 11.5 Å². The number of phenolic OH excluding ortho intramolecular Hbond substituents is 1. The van der Waals surface area contributed by atoms with Gasteiger partial charge in [-0.1, -0.05) is 0 Å². The normalized spacial score (nSPS) is 14.9. The van der Waals surface area contributed by atoms with Gasteiger partial charge < -0.3 is 14.9 Å². The summed E-state index contributed by atoms with van der Waals surface area (Å²) >= 11 is 0. The molecule has 2 N–H and O–H groups in total. The highest BCUT2D eigenvalue weighted by Gasteiger charge is 2.57. The number of halogens is 2. The molecule has 0 aliphatic carbocycles. The van der Waals surface area contributed by atoms with E-state index in [1.54, 1.807) is 0 Å². The summed E-state index contributed by atoms with van der Waals surface area (Å²) in [5.41, 5.74) is -2.85. The first-order chi connectivity index (χ1) is 8.55. The number of alkyl halides is 2. The maximum Gasteiger partial charge on any atom is 0.349 e. The van der Waals surface area contributed by atoms with Crippen LogP contribution in [0.1, 0.15) is 23.6 Å². The highest BCUT2D eigenvalue weighted by Crippen LogP contribution is 2.40. The maximum absolute atomic E-state index is 13.6. The summed E-state index contributed by atoms with van der Waals surface area (Å²) in [6.45, 7) is 3.40. The van der Waals surface area contributed by atoms with Crippen LogP contribution in [0.5, 0.6) is 5.75 Å². The minimum atomic E-state index is -3.74. The van der Waals surface area contributed by atoms with Crippen molar-refractivity contribution in [2.75, 3.05) is 7.11 Å². The van der Waals surface area contributed by atoms with E-state index in [4.69, 9.17) is 0 Å². The molecule has 106 valence electrons. The van der Waals surface area contributed by atoms with Crippen LogP contribution in [0.3, 0.4) is 0 Å². The number of benzene rings is 1. The third-order valence-corrected chi connectivity index (χ3v) is 3.02. The molecular formula is C13H16F2O4. The van der Waals surface area contributed by atoms with Crippen LogP contribution in [-0.4, -0.2) is 29.2 Å². The van der Waals surface area contributed by atoms with Gasteiger partial charge in [0, 0.05) is 12.5 Å². The lowest BCUT2D eigenvalue weighted by Gasteiger charge is -2.31. The monoisotopic (exact) mass is 274 g/mol. The number of methoxy groups -OCH3 is 1. The van der Waals surface area contributed by atoms with Gasteiger partial charge in [0.05, 0.1) is 7.11 Å². The molecule has 0 aliphatic heterocycles. The zero-order valence-electron chi connectivity index (χ0n) is 11.1. The zero-order valence-corrected chi connectivity index (χ0v) is 11.1. The van der Waals surface area contributed by atoms with Gasteiger partial charge in [-0.15, -0.1) is 0 Å². The van der Waals surface area contributed by atoms with Crippen molar-refractivity contribution in [3.63, 3.8) is 0 Å². The van der Waals surface area contributed by atoms with Gasteiger partial charge in [-0.2, -0.15) is 0 Å². The number of aliphatic hydroxyl groups is 1. The second kappa shape index (κ2) is 4.77. The van der Waals surface area contributed by atoms with Crippen LogP contribution in [0.15, 0.2) is 12.1 Å². The Balaban J connectivity index is 3.56. The van der Waals surface area contributed by atoms with E-state index in [0.29, 0.717) is 6.92 Å². The molecule has 0 aromatic heterocycles. The minimum Gasteiger partial charge on any atom is -0.507 e. The van der Waals surface area contributed by atoms with Gasteiger partial charge in [-0.25, -0.2) is 13.6 Å². The van der Waals surface area contributed by atoms with Crippen molar-refractivity contribution in [2.45, 2.75) is 32.3 Å². The zero-order chi connectivity index (χ0) is 15.0. The molecule has 0 saturated carbocycles. The molecule has 0 radical (unpaired) electrons. The van der Waals surface area contributed by atoms with E-state index in [2.05, 4.69) is 4.74 Å². The maximum atomic E-state index is 13.6. The predicted molar refractivity (Wildman–Crippen MR) is 64.1 cm³/mol. The number of aryl methyl sites for hydroxylation is 2. The molecule has 4 nitrogen and oxygen atoms in total. The van der Waals surface area contributed by atoms with Crippen LogP contribution in [0.25, 0.3) is 0 Å². The fourth-order valence-electron chi connectivity index (χ4n) is 1.86. The average Bonchev–Trinajstić information content (AvgIpc) is 2.31. The summed E-state index contributed by atoms with van der Waals surface area (Å²) in [7, 11) is 0.916. The standard InChI is InChI=1S/C13H16F2O4/c1-7-5-9(6-8(2)10(7)16)13(18,11(17)19-4)12(3,14)15/h5-6,16,18H,1-4H3. The lowest BCUT2D eigenvalue weighted by Crippen LogP contribution is -2.50. The Bertz CT molecular complexity index is 485. The molecule has 0 spiro atoms. The number of ether oxygens (including phenoxy) is 1. The molecule has 1 unspecified atom stereocenters. The minimum absolute atomic E-state index is 0.0737. The Morgan fingerprint density at radius 2 is 1.68 bits per heavy atom. The molecule has 6 heteroatoms. The van der Waals surface area contributed by atoms with Crippen LogP contribution in [0, 0.1) is 13.8 Å². The quantitative estimate of drug-likeness (QED) is 0.828. The van der Waals surface area contributed by atoms with Crippen molar-refractivity contribution in [2.24, 2.45) is 0 Å². The summed E-state index contributed by atoms with van der Waals surface area (Å²) in [6, 6.07) is 2.27. The lowest BCUT2D eigenvalue weighted by atomic mass is 9.86. The highest BCUT2D eigenvalue weighted by atomic mass is 19.3. The van der Waals surface area contributed by atoms with Crippen LogP contribution in [0.2, 0.25) is 0 Å². The summed E-state index contributed by atoms with van der Waals surface area (Å²) in [4.78, 5) is 11.6. The van der Waals surface area contributed by atoms with Gasteiger partial charge >= 0.3 is 5.97 Å². The summed E-state index contributed by atoms with van der Waals surface area (Å²) in [5, 5.41) is 19.7. The molecule has 1 aromatic rings. The Morgan fingerprint density at radius 1 is 1.26 bits per heavy atom. The van der Waals surface area contributed by atoms with Crippen LogP contribution in [-0.2, 0) is 15.1 Å². The van der Waals surface area contributed by atoms with Gasteiger partial charge in [0.15, 0.2) is 0 Å². The van der Waals surface area contributed by atoms with Crippen molar-refractivity contribution in [1.82, 2.24) is 0 Å².